The summed E-state index contributed by atoms with van der Waals surface area (Å²) >= 11 is 7.09. The van der Waals surface area contributed by atoms with Gasteiger partial charge in [0.2, 0.25) is 0 Å². The first kappa shape index (κ1) is 18.9. The van der Waals surface area contributed by atoms with Gasteiger partial charge >= 0.3 is 5.97 Å². The standard InChI is InChI=1S/C20H24N2O2S2/c1-2-24-19(23)17-15-11-7-4-8-12-16(15)26-18(17)22-20(25)21-13-14-9-5-3-6-10-14/h3,5-6,9-10H,2,4,7-8,11-13H2,1H3,(H2,21,22,25). The number of thiocarbonyl (C=S) groups is 1. The largest absolute Gasteiger partial charge is 0.462 e. The molecule has 2 aromatic rings. The van der Waals surface area contributed by atoms with Crippen LogP contribution < -0.4 is 10.6 Å². The normalized spacial score (nSPS) is 13.4. The number of fused-ring (bicyclic) bond motifs is 1. The molecule has 0 amide bonds. The third kappa shape index (κ3) is 4.62. The molecule has 0 aliphatic heterocycles. The number of hydrogen-bond acceptors (Lipinski definition) is 4. The van der Waals surface area contributed by atoms with E-state index in [1.54, 1.807) is 11.3 Å². The van der Waals surface area contributed by atoms with E-state index >= 15 is 0 Å². The highest BCUT2D eigenvalue weighted by Gasteiger charge is 2.26. The van der Waals surface area contributed by atoms with Crippen molar-refractivity contribution in [1.29, 1.82) is 0 Å². The van der Waals surface area contributed by atoms with Crippen molar-refractivity contribution in [2.75, 3.05) is 11.9 Å². The van der Waals surface area contributed by atoms with Crippen molar-refractivity contribution in [2.24, 2.45) is 0 Å². The maximum absolute atomic E-state index is 12.6. The number of ether oxygens (including phenoxy) is 1. The van der Waals surface area contributed by atoms with E-state index in [0.717, 1.165) is 35.4 Å². The zero-order chi connectivity index (χ0) is 18.4. The van der Waals surface area contributed by atoms with Gasteiger partial charge < -0.3 is 15.4 Å². The van der Waals surface area contributed by atoms with Crippen molar-refractivity contribution < 1.29 is 9.53 Å². The Morgan fingerprint density at radius 3 is 2.73 bits per heavy atom. The molecule has 138 valence electrons. The third-order valence-electron chi connectivity index (χ3n) is 4.42. The lowest BCUT2D eigenvalue weighted by molar-refractivity contribution is 0.0527. The van der Waals surface area contributed by atoms with Crippen LogP contribution >= 0.6 is 23.6 Å². The Bertz CT molecular complexity index is 772. The van der Waals surface area contributed by atoms with Crippen molar-refractivity contribution in [3.05, 3.63) is 51.9 Å². The highest BCUT2D eigenvalue weighted by Crippen LogP contribution is 2.38. The molecule has 4 nitrogen and oxygen atoms in total. The average molecular weight is 389 g/mol. The number of hydrogen-bond donors (Lipinski definition) is 2. The number of aryl methyl sites for hydroxylation is 1. The molecule has 6 heteroatoms. The molecule has 3 rings (SSSR count). The van der Waals surface area contributed by atoms with Crippen LogP contribution in [0.4, 0.5) is 5.00 Å². The van der Waals surface area contributed by atoms with E-state index in [9.17, 15) is 4.79 Å². The second kappa shape index (κ2) is 9.14. The van der Waals surface area contributed by atoms with Crippen LogP contribution in [0.5, 0.6) is 0 Å². The number of nitrogens with one attached hydrogen (secondary N) is 2. The van der Waals surface area contributed by atoms with Crippen molar-refractivity contribution in [2.45, 2.75) is 45.6 Å². The Kier molecular flexibility index (Phi) is 6.63. The van der Waals surface area contributed by atoms with Crippen LogP contribution in [0.3, 0.4) is 0 Å². The summed E-state index contributed by atoms with van der Waals surface area (Å²) < 4.78 is 5.31. The van der Waals surface area contributed by atoms with Crippen molar-refractivity contribution in [1.82, 2.24) is 5.32 Å². The van der Waals surface area contributed by atoms with Gasteiger partial charge in [-0.05, 0) is 56.0 Å². The Morgan fingerprint density at radius 1 is 1.19 bits per heavy atom. The van der Waals surface area contributed by atoms with Gasteiger partial charge in [0.05, 0.1) is 12.2 Å². The maximum atomic E-state index is 12.6. The molecule has 0 radical (unpaired) electrons. The summed E-state index contributed by atoms with van der Waals surface area (Å²) in [6.45, 7) is 2.86. The number of esters is 1. The lowest BCUT2D eigenvalue weighted by Crippen LogP contribution is -2.28. The van der Waals surface area contributed by atoms with Gasteiger partial charge in [0, 0.05) is 11.4 Å². The van der Waals surface area contributed by atoms with Crippen LogP contribution in [0.2, 0.25) is 0 Å². The number of benzene rings is 1. The molecule has 1 heterocycles. The van der Waals surface area contributed by atoms with E-state index in [1.165, 1.54) is 17.7 Å². The van der Waals surface area contributed by atoms with Crippen LogP contribution in [0, 0.1) is 0 Å². The summed E-state index contributed by atoms with van der Waals surface area (Å²) in [5, 5.41) is 7.78. The predicted octanol–water partition coefficient (Wildman–Crippen LogP) is 4.68. The quantitative estimate of drug-likeness (QED) is 0.442. The van der Waals surface area contributed by atoms with Gasteiger partial charge in [0.25, 0.3) is 0 Å². The van der Waals surface area contributed by atoms with Crippen molar-refractivity contribution >= 4 is 39.6 Å². The highest BCUT2D eigenvalue weighted by molar-refractivity contribution is 7.80. The number of carbonyl (C=O) groups is 1. The van der Waals surface area contributed by atoms with Gasteiger partial charge in [-0.3, -0.25) is 0 Å². The Morgan fingerprint density at radius 2 is 1.96 bits per heavy atom. The third-order valence-corrected chi connectivity index (χ3v) is 5.88. The van der Waals surface area contributed by atoms with E-state index in [2.05, 4.69) is 10.6 Å². The molecule has 0 unspecified atom stereocenters. The van der Waals surface area contributed by atoms with Gasteiger partial charge in [-0.2, -0.15) is 0 Å². The second-order valence-corrected chi connectivity index (χ2v) is 7.80. The molecule has 0 spiro atoms. The summed E-state index contributed by atoms with van der Waals surface area (Å²) in [5.41, 5.74) is 2.99. The summed E-state index contributed by atoms with van der Waals surface area (Å²) in [4.78, 5) is 13.8. The molecule has 2 N–H and O–H groups in total. The number of rotatable bonds is 5. The Balaban J connectivity index is 1.75. The monoisotopic (exact) mass is 388 g/mol. The van der Waals surface area contributed by atoms with E-state index in [-0.39, 0.29) is 5.97 Å². The zero-order valence-electron chi connectivity index (χ0n) is 15.0. The SMILES string of the molecule is CCOC(=O)c1c(NC(=S)NCc2ccccc2)sc2c1CCCCC2. The number of carbonyl (C=O) groups excluding carboxylic acids is 1. The molecule has 1 aromatic heterocycles. The molecule has 0 atom stereocenters. The molecule has 1 aliphatic carbocycles. The van der Waals surface area contributed by atoms with Gasteiger partial charge in [0.1, 0.15) is 5.00 Å². The fourth-order valence-electron chi connectivity index (χ4n) is 3.18. The molecule has 0 saturated carbocycles. The molecular formula is C20H24N2O2S2. The van der Waals surface area contributed by atoms with Gasteiger partial charge in [0.15, 0.2) is 5.11 Å². The van der Waals surface area contributed by atoms with Crippen LogP contribution in [0.15, 0.2) is 30.3 Å². The molecule has 0 fully saturated rings. The van der Waals surface area contributed by atoms with Crippen LogP contribution in [0.25, 0.3) is 0 Å². The number of thiophene rings is 1. The molecule has 0 bridgehead atoms. The second-order valence-electron chi connectivity index (χ2n) is 6.28. The van der Waals surface area contributed by atoms with Gasteiger partial charge in [-0.15, -0.1) is 11.3 Å². The fraction of sp³-hybridized carbons (Fsp3) is 0.400. The smallest absolute Gasteiger partial charge is 0.341 e. The topological polar surface area (TPSA) is 50.4 Å². The summed E-state index contributed by atoms with van der Waals surface area (Å²) in [5.74, 6) is -0.250. The van der Waals surface area contributed by atoms with E-state index in [1.807, 2.05) is 37.3 Å². The van der Waals surface area contributed by atoms with Crippen molar-refractivity contribution in [3.63, 3.8) is 0 Å². The molecule has 1 aliphatic rings. The first-order valence-electron chi connectivity index (χ1n) is 9.09. The predicted molar refractivity (Wildman–Crippen MR) is 111 cm³/mol. The van der Waals surface area contributed by atoms with E-state index < -0.39 is 0 Å². The zero-order valence-corrected chi connectivity index (χ0v) is 16.6. The number of anilines is 1. The summed E-state index contributed by atoms with van der Waals surface area (Å²) in [6.07, 6.45) is 5.46. The average Bonchev–Trinajstić information content (AvgIpc) is 2.82. The Labute approximate surface area is 164 Å². The van der Waals surface area contributed by atoms with Gasteiger partial charge in [-0.1, -0.05) is 36.8 Å². The van der Waals surface area contributed by atoms with Crippen LogP contribution in [0.1, 0.15) is 52.5 Å². The minimum Gasteiger partial charge on any atom is -0.462 e. The van der Waals surface area contributed by atoms with Gasteiger partial charge in [-0.25, -0.2) is 4.79 Å². The lowest BCUT2D eigenvalue weighted by atomic mass is 10.1. The maximum Gasteiger partial charge on any atom is 0.341 e. The first-order chi connectivity index (χ1) is 12.7. The Hall–Kier alpha value is -1.92. The fourth-order valence-corrected chi connectivity index (χ4v) is 4.70. The van der Waals surface area contributed by atoms with E-state index in [4.69, 9.17) is 17.0 Å². The molecular weight excluding hydrogens is 364 g/mol. The van der Waals surface area contributed by atoms with E-state index in [0.29, 0.717) is 23.8 Å². The van der Waals surface area contributed by atoms with Crippen LogP contribution in [-0.2, 0) is 24.1 Å². The minimum absolute atomic E-state index is 0.250. The van der Waals surface area contributed by atoms with Crippen LogP contribution in [-0.4, -0.2) is 17.7 Å². The van der Waals surface area contributed by atoms with Crippen molar-refractivity contribution in [3.8, 4) is 0 Å². The minimum atomic E-state index is -0.250. The molecule has 0 saturated heterocycles. The molecule has 26 heavy (non-hydrogen) atoms. The summed E-state index contributed by atoms with van der Waals surface area (Å²) in [6, 6.07) is 10.1. The summed E-state index contributed by atoms with van der Waals surface area (Å²) in [7, 11) is 0. The first-order valence-corrected chi connectivity index (χ1v) is 10.3. The molecule has 1 aromatic carbocycles. The lowest BCUT2D eigenvalue weighted by Gasteiger charge is -2.11. The highest BCUT2D eigenvalue weighted by atomic mass is 32.1.